The summed E-state index contributed by atoms with van der Waals surface area (Å²) in [5, 5.41) is 7.04. The summed E-state index contributed by atoms with van der Waals surface area (Å²) in [6.45, 7) is 4.96. The molecule has 9 nitrogen and oxygen atoms in total. The van der Waals surface area contributed by atoms with Crippen LogP contribution in [-0.4, -0.2) is 63.6 Å². The van der Waals surface area contributed by atoms with Gasteiger partial charge in [-0.15, -0.1) is 0 Å². The highest BCUT2D eigenvalue weighted by atomic mass is 35.5. The lowest BCUT2D eigenvalue weighted by Crippen LogP contribution is -2.46. The Labute approximate surface area is 199 Å². The maximum atomic E-state index is 15.0. The van der Waals surface area contributed by atoms with Gasteiger partial charge in [0, 0.05) is 57.0 Å². The zero-order valence-corrected chi connectivity index (χ0v) is 19.5. The summed E-state index contributed by atoms with van der Waals surface area (Å²) in [6.07, 6.45) is 1.60. The van der Waals surface area contributed by atoms with Crippen LogP contribution in [-0.2, 0) is 6.54 Å². The number of hydrogen-bond acceptors (Lipinski definition) is 6. The van der Waals surface area contributed by atoms with Crippen molar-refractivity contribution in [2.75, 3.05) is 38.1 Å². The van der Waals surface area contributed by atoms with Gasteiger partial charge in [-0.25, -0.2) is 13.9 Å². The number of aromatic nitrogens is 4. The fourth-order valence-electron chi connectivity index (χ4n) is 4.38. The molecule has 0 atom stereocenters. The van der Waals surface area contributed by atoms with Gasteiger partial charge in [-0.1, -0.05) is 11.6 Å². The quantitative estimate of drug-likeness (QED) is 0.432. The lowest BCUT2D eigenvalue weighted by Gasteiger charge is -2.36. The summed E-state index contributed by atoms with van der Waals surface area (Å²) >= 11 is 6.33. The minimum Gasteiger partial charge on any atom is -0.366 e. The maximum Gasteiger partial charge on any atom is 0.274 e. The van der Waals surface area contributed by atoms with E-state index in [0.717, 1.165) is 11.3 Å². The molecule has 11 heteroatoms. The van der Waals surface area contributed by atoms with E-state index in [4.69, 9.17) is 11.6 Å². The Hall–Kier alpha value is -3.50. The average Bonchev–Trinajstić information content (AvgIpc) is 3.22. The van der Waals surface area contributed by atoms with E-state index < -0.39 is 0 Å². The van der Waals surface area contributed by atoms with Crippen molar-refractivity contribution in [3.8, 4) is 0 Å². The molecule has 1 aromatic carbocycles. The van der Waals surface area contributed by atoms with Crippen molar-refractivity contribution in [3.05, 3.63) is 68.6 Å². The Kier molecular flexibility index (Phi) is 5.70. The van der Waals surface area contributed by atoms with Gasteiger partial charge in [0.25, 0.3) is 11.5 Å². The molecule has 0 aliphatic carbocycles. The Morgan fingerprint density at radius 3 is 2.71 bits per heavy atom. The normalized spacial score (nSPS) is 14.8. The van der Waals surface area contributed by atoms with Crippen molar-refractivity contribution in [2.45, 2.75) is 13.5 Å². The highest BCUT2D eigenvalue weighted by Crippen LogP contribution is 2.26. The Bertz CT molecular complexity index is 1470. The predicted molar refractivity (Wildman–Crippen MR) is 128 cm³/mol. The summed E-state index contributed by atoms with van der Waals surface area (Å²) in [5.74, 6) is -0.631. The zero-order chi connectivity index (χ0) is 24.0. The molecule has 5 rings (SSSR count). The SMILES string of the molecule is CNC(=O)c1ccc(N2CCN(Cc3cc4[nH]c(=O)c5c(C)cnn5c4cc3F)CC2)c(Cl)n1. The zero-order valence-electron chi connectivity index (χ0n) is 18.7. The van der Waals surface area contributed by atoms with Crippen molar-refractivity contribution in [2.24, 2.45) is 0 Å². The molecule has 1 amide bonds. The molecule has 0 unspecified atom stereocenters. The minimum absolute atomic E-state index is 0.249. The van der Waals surface area contributed by atoms with Gasteiger partial charge in [0.1, 0.15) is 17.0 Å². The number of aryl methyl sites for hydroxylation is 1. The topological polar surface area (TPSA) is 98.6 Å². The fourth-order valence-corrected chi connectivity index (χ4v) is 4.65. The number of hydrogen-bond donors (Lipinski definition) is 2. The van der Waals surface area contributed by atoms with Crippen LogP contribution in [0.1, 0.15) is 21.6 Å². The number of anilines is 1. The molecule has 1 saturated heterocycles. The van der Waals surface area contributed by atoms with E-state index in [1.165, 1.54) is 10.6 Å². The average molecular weight is 484 g/mol. The number of carbonyl (C=O) groups is 1. The van der Waals surface area contributed by atoms with Crippen molar-refractivity contribution in [1.82, 2.24) is 29.8 Å². The van der Waals surface area contributed by atoms with Gasteiger partial charge in [-0.3, -0.25) is 14.5 Å². The standard InChI is InChI=1S/C23H23ClFN7O2/c1-13-11-27-32-19-10-15(25)14(9-17(19)29-23(34)20(13)32)12-30-5-7-31(8-6-30)18-4-3-16(22(33)26-2)28-21(18)24/h3-4,9-11H,5-8,12H2,1-2H3,(H,26,33)(H,29,34). The smallest absolute Gasteiger partial charge is 0.274 e. The van der Waals surface area contributed by atoms with E-state index in [0.29, 0.717) is 54.8 Å². The molecule has 34 heavy (non-hydrogen) atoms. The van der Waals surface area contributed by atoms with E-state index in [1.807, 2.05) is 0 Å². The number of benzene rings is 1. The molecule has 0 saturated carbocycles. The molecule has 176 valence electrons. The molecule has 4 heterocycles. The number of pyridine rings is 1. The van der Waals surface area contributed by atoms with Crippen LogP contribution in [0.5, 0.6) is 0 Å². The van der Waals surface area contributed by atoms with Crippen LogP contribution in [0.15, 0.2) is 35.3 Å². The molecular formula is C23H23ClFN7O2. The van der Waals surface area contributed by atoms with Crippen LogP contribution in [0, 0.1) is 12.7 Å². The van der Waals surface area contributed by atoms with Crippen molar-refractivity contribution < 1.29 is 9.18 Å². The summed E-state index contributed by atoms with van der Waals surface area (Å²) < 4.78 is 16.5. The number of fused-ring (bicyclic) bond motifs is 3. The third kappa shape index (κ3) is 3.88. The lowest BCUT2D eigenvalue weighted by atomic mass is 10.1. The second-order valence-corrected chi connectivity index (χ2v) is 8.71. The van der Waals surface area contributed by atoms with E-state index in [2.05, 4.69) is 30.2 Å². The van der Waals surface area contributed by atoms with Crippen molar-refractivity contribution >= 4 is 39.7 Å². The Morgan fingerprint density at radius 1 is 1.24 bits per heavy atom. The van der Waals surface area contributed by atoms with Gasteiger partial charge in [0.2, 0.25) is 0 Å². The molecule has 4 aromatic rings. The van der Waals surface area contributed by atoms with Gasteiger partial charge in [0.05, 0.1) is 22.9 Å². The first-order chi connectivity index (χ1) is 16.4. The third-order valence-corrected chi connectivity index (χ3v) is 6.48. The number of amides is 1. The molecule has 1 fully saturated rings. The molecule has 2 N–H and O–H groups in total. The fraction of sp³-hybridized carbons (Fsp3) is 0.304. The van der Waals surface area contributed by atoms with E-state index in [-0.39, 0.29) is 28.1 Å². The molecule has 1 aliphatic heterocycles. The summed E-state index contributed by atoms with van der Waals surface area (Å²) in [5.41, 5.74) is 3.53. The molecule has 0 radical (unpaired) electrons. The van der Waals surface area contributed by atoms with Crippen LogP contribution in [0.3, 0.4) is 0 Å². The number of aromatic amines is 1. The third-order valence-electron chi connectivity index (χ3n) is 6.20. The molecule has 3 aromatic heterocycles. The van der Waals surface area contributed by atoms with Gasteiger partial charge in [-0.2, -0.15) is 5.10 Å². The second-order valence-electron chi connectivity index (χ2n) is 8.35. The Morgan fingerprint density at radius 2 is 2.00 bits per heavy atom. The van der Waals surface area contributed by atoms with E-state index in [9.17, 15) is 9.59 Å². The van der Waals surface area contributed by atoms with Crippen LogP contribution >= 0.6 is 11.6 Å². The largest absolute Gasteiger partial charge is 0.366 e. The van der Waals surface area contributed by atoms with E-state index in [1.54, 1.807) is 38.4 Å². The maximum absolute atomic E-state index is 15.0. The van der Waals surface area contributed by atoms with Gasteiger partial charge >= 0.3 is 0 Å². The first kappa shape index (κ1) is 22.3. The summed E-state index contributed by atoms with van der Waals surface area (Å²) in [6, 6.07) is 6.56. The summed E-state index contributed by atoms with van der Waals surface area (Å²) in [4.78, 5) is 35.5. The van der Waals surface area contributed by atoms with Gasteiger partial charge in [0.15, 0.2) is 5.15 Å². The number of rotatable bonds is 4. The van der Waals surface area contributed by atoms with Crippen molar-refractivity contribution in [3.63, 3.8) is 0 Å². The summed E-state index contributed by atoms with van der Waals surface area (Å²) in [7, 11) is 1.54. The van der Waals surface area contributed by atoms with Crippen molar-refractivity contribution in [1.29, 1.82) is 0 Å². The molecule has 0 spiro atoms. The number of nitrogens with one attached hydrogen (secondary N) is 2. The highest BCUT2D eigenvalue weighted by Gasteiger charge is 2.22. The lowest BCUT2D eigenvalue weighted by molar-refractivity contribution is 0.0958. The predicted octanol–water partition coefficient (Wildman–Crippen LogP) is 2.35. The monoisotopic (exact) mass is 483 g/mol. The van der Waals surface area contributed by atoms with E-state index >= 15 is 4.39 Å². The first-order valence-corrected chi connectivity index (χ1v) is 11.3. The molecular weight excluding hydrogens is 461 g/mol. The van der Waals surface area contributed by atoms with Crippen LogP contribution in [0.2, 0.25) is 5.15 Å². The van der Waals surface area contributed by atoms with Gasteiger partial charge < -0.3 is 15.2 Å². The van der Waals surface area contributed by atoms with Gasteiger partial charge in [-0.05, 0) is 25.1 Å². The van der Waals surface area contributed by atoms with Crippen LogP contribution in [0.4, 0.5) is 10.1 Å². The number of H-pyrrole nitrogens is 1. The molecule has 1 aliphatic rings. The first-order valence-electron chi connectivity index (χ1n) is 10.9. The number of carbonyl (C=O) groups excluding carboxylic acids is 1. The number of nitrogens with zero attached hydrogens (tertiary/aromatic N) is 5. The van der Waals surface area contributed by atoms with Crippen LogP contribution < -0.4 is 15.8 Å². The highest BCUT2D eigenvalue weighted by molar-refractivity contribution is 6.32. The number of halogens is 2. The Balaban J connectivity index is 1.32. The molecule has 0 bridgehead atoms. The number of piperazine rings is 1. The van der Waals surface area contributed by atoms with Crippen LogP contribution in [0.25, 0.3) is 16.6 Å². The second kappa shape index (κ2) is 8.69. The minimum atomic E-state index is -0.339.